The number of hydrogen-bond acceptors (Lipinski definition) is 2. The minimum atomic E-state index is 0.379. The fraction of sp³-hybridized carbons (Fsp3) is 0.917. The highest BCUT2D eigenvalue weighted by Gasteiger charge is 2.36. The molecule has 3 heteroatoms. The van der Waals surface area contributed by atoms with Gasteiger partial charge in [-0.3, -0.25) is 4.79 Å². The summed E-state index contributed by atoms with van der Waals surface area (Å²) in [7, 11) is 0. The number of rotatable bonds is 1. The SMILES string of the molecule is O=C(C1CCC1)N1CC2CCCC(C1)N2. The van der Waals surface area contributed by atoms with Crippen LogP contribution in [0.1, 0.15) is 38.5 Å². The third kappa shape index (κ3) is 1.78. The van der Waals surface area contributed by atoms with Gasteiger partial charge in [0.05, 0.1) is 0 Å². The summed E-state index contributed by atoms with van der Waals surface area (Å²) in [6.07, 6.45) is 7.38. The number of carbonyl (C=O) groups is 1. The summed E-state index contributed by atoms with van der Waals surface area (Å²) in [5.74, 6) is 0.823. The Labute approximate surface area is 91.2 Å². The molecule has 2 unspecified atom stereocenters. The minimum absolute atomic E-state index is 0.379. The predicted octanol–water partition coefficient (Wildman–Crippen LogP) is 1.14. The molecule has 0 aromatic heterocycles. The van der Waals surface area contributed by atoms with Gasteiger partial charge < -0.3 is 10.2 Å². The van der Waals surface area contributed by atoms with Crippen molar-refractivity contribution in [2.45, 2.75) is 50.6 Å². The zero-order valence-electron chi connectivity index (χ0n) is 9.24. The summed E-state index contributed by atoms with van der Waals surface area (Å²) < 4.78 is 0. The van der Waals surface area contributed by atoms with E-state index in [1.807, 2.05) is 0 Å². The fourth-order valence-corrected chi connectivity index (χ4v) is 3.10. The maximum absolute atomic E-state index is 12.1. The molecular weight excluding hydrogens is 188 g/mol. The molecule has 2 heterocycles. The zero-order chi connectivity index (χ0) is 10.3. The van der Waals surface area contributed by atoms with Crippen molar-refractivity contribution in [3.63, 3.8) is 0 Å². The van der Waals surface area contributed by atoms with Crippen LogP contribution in [0.4, 0.5) is 0 Å². The molecular formula is C12H20N2O. The lowest BCUT2D eigenvalue weighted by atomic mass is 9.83. The molecule has 0 aromatic rings. The van der Waals surface area contributed by atoms with Crippen molar-refractivity contribution >= 4 is 5.91 Å². The Morgan fingerprint density at radius 2 is 1.60 bits per heavy atom. The number of piperidine rings is 1. The highest BCUT2D eigenvalue weighted by atomic mass is 16.2. The Bertz CT molecular complexity index is 250. The van der Waals surface area contributed by atoms with E-state index in [2.05, 4.69) is 10.2 Å². The molecule has 1 aliphatic carbocycles. The second-order valence-corrected chi connectivity index (χ2v) is 5.36. The zero-order valence-corrected chi connectivity index (χ0v) is 9.24. The van der Waals surface area contributed by atoms with Crippen molar-refractivity contribution in [3.8, 4) is 0 Å². The Kier molecular flexibility index (Phi) is 2.43. The molecule has 0 aromatic carbocycles. The standard InChI is InChI=1S/C12H20N2O/c15-12(9-3-1-4-9)14-7-10-5-2-6-11(8-14)13-10/h9-11,13H,1-8H2. The molecule has 2 aliphatic heterocycles. The second-order valence-electron chi connectivity index (χ2n) is 5.36. The minimum Gasteiger partial charge on any atom is -0.339 e. The van der Waals surface area contributed by atoms with E-state index >= 15 is 0 Å². The van der Waals surface area contributed by atoms with Gasteiger partial charge in [0.25, 0.3) is 0 Å². The van der Waals surface area contributed by atoms with Gasteiger partial charge in [0.2, 0.25) is 5.91 Å². The first-order valence-corrected chi connectivity index (χ1v) is 6.38. The van der Waals surface area contributed by atoms with Crippen LogP contribution in [0, 0.1) is 5.92 Å². The molecule has 1 amide bonds. The molecule has 2 atom stereocenters. The molecule has 3 rings (SSSR count). The smallest absolute Gasteiger partial charge is 0.225 e. The molecule has 1 N–H and O–H groups in total. The Hall–Kier alpha value is -0.570. The maximum atomic E-state index is 12.1. The third-order valence-electron chi connectivity index (χ3n) is 4.22. The van der Waals surface area contributed by atoms with Crippen LogP contribution in [0.3, 0.4) is 0 Å². The number of fused-ring (bicyclic) bond motifs is 2. The van der Waals surface area contributed by atoms with Gasteiger partial charge >= 0.3 is 0 Å². The lowest BCUT2D eigenvalue weighted by Gasteiger charge is -2.44. The number of carbonyl (C=O) groups excluding carboxylic acids is 1. The van der Waals surface area contributed by atoms with Crippen molar-refractivity contribution in [2.24, 2.45) is 5.92 Å². The van der Waals surface area contributed by atoms with Crippen molar-refractivity contribution in [3.05, 3.63) is 0 Å². The fourth-order valence-electron chi connectivity index (χ4n) is 3.10. The van der Waals surface area contributed by atoms with E-state index in [0.717, 1.165) is 25.9 Å². The Morgan fingerprint density at radius 1 is 1.00 bits per heavy atom. The van der Waals surface area contributed by atoms with E-state index in [0.29, 0.717) is 23.9 Å². The summed E-state index contributed by atoms with van der Waals surface area (Å²) in [5, 5.41) is 3.62. The number of amides is 1. The molecule has 3 nitrogen and oxygen atoms in total. The summed E-state index contributed by atoms with van der Waals surface area (Å²) in [6, 6.07) is 1.17. The van der Waals surface area contributed by atoms with E-state index < -0.39 is 0 Å². The first-order chi connectivity index (χ1) is 7.33. The summed E-state index contributed by atoms with van der Waals surface area (Å²) in [6.45, 7) is 1.93. The van der Waals surface area contributed by atoms with Gasteiger partial charge in [0.15, 0.2) is 0 Å². The van der Waals surface area contributed by atoms with E-state index in [9.17, 15) is 4.79 Å². The summed E-state index contributed by atoms with van der Waals surface area (Å²) in [5.41, 5.74) is 0. The Balaban J connectivity index is 1.63. The topological polar surface area (TPSA) is 32.3 Å². The van der Waals surface area contributed by atoms with Crippen molar-refractivity contribution < 1.29 is 4.79 Å². The van der Waals surface area contributed by atoms with Gasteiger partial charge in [0.1, 0.15) is 0 Å². The first kappa shape index (κ1) is 9.64. The molecule has 3 aliphatic rings. The van der Waals surface area contributed by atoms with Crippen molar-refractivity contribution in [1.29, 1.82) is 0 Å². The third-order valence-corrected chi connectivity index (χ3v) is 4.22. The average molecular weight is 208 g/mol. The van der Waals surface area contributed by atoms with Crippen LogP contribution in [0.25, 0.3) is 0 Å². The Morgan fingerprint density at radius 3 is 2.13 bits per heavy atom. The van der Waals surface area contributed by atoms with E-state index in [1.54, 1.807) is 0 Å². The van der Waals surface area contributed by atoms with Crippen LogP contribution in [-0.4, -0.2) is 36.0 Å². The quantitative estimate of drug-likeness (QED) is 0.701. The molecule has 2 bridgehead atoms. The number of likely N-dealkylation sites (tertiary alicyclic amines) is 1. The van der Waals surface area contributed by atoms with Gasteiger partial charge in [-0.05, 0) is 25.7 Å². The van der Waals surface area contributed by atoms with Crippen LogP contribution in [0.5, 0.6) is 0 Å². The second kappa shape index (κ2) is 3.78. The molecule has 2 saturated heterocycles. The first-order valence-electron chi connectivity index (χ1n) is 6.38. The van der Waals surface area contributed by atoms with E-state index in [-0.39, 0.29) is 0 Å². The van der Waals surface area contributed by atoms with Crippen LogP contribution in [0.15, 0.2) is 0 Å². The lowest BCUT2D eigenvalue weighted by molar-refractivity contribution is -0.140. The summed E-state index contributed by atoms with van der Waals surface area (Å²) in [4.78, 5) is 14.2. The van der Waals surface area contributed by atoms with Gasteiger partial charge in [-0.25, -0.2) is 0 Å². The monoisotopic (exact) mass is 208 g/mol. The highest BCUT2D eigenvalue weighted by molar-refractivity contribution is 5.79. The average Bonchev–Trinajstić information content (AvgIpc) is 2.14. The normalized spacial score (nSPS) is 36.1. The van der Waals surface area contributed by atoms with Crippen LogP contribution in [-0.2, 0) is 4.79 Å². The predicted molar refractivity (Wildman–Crippen MR) is 58.5 cm³/mol. The van der Waals surface area contributed by atoms with Crippen molar-refractivity contribution in [1.82, 2.24) is 10.2 Å². The molecule has 0 radical (unpaired) electrons. The van der Waals surface area contributed by atoms with Gasteiger partial charge in [-0.15, -0.1) is 0 Å². The largest absolute Gasteiger partial charge is 0.339 e. The molecule has 3 fully saturated rings. The molecule has 15 heavy (non-hydrogen) atoms. The van der Waals surface area contributed by atoms with Gasteiger partial charge in [-0.2, -0.15) is 0 Å². The summed E-state index contributed by atoms with van der Waals surface area (Å²) >= 11 is 0. The molecule has 0 spiro atoms. The molecule has 1 saturated carbocycles. The maximum Gasteiger partial charge on any atom is 0.225 e. The van der Waals surface area contributed by atoms with E-state index in [4.69, 9.17) is 0 Å². The van der Waals surface area contributed by atoms with Crippen LogP contribution >= 0.6 is 0 Å². The number of piperazine rings is 1. The van der Waals surface area contributed by atoms with E-state index in [1.165, 1.54) is 25.7 Å². The number of nitrogens with zero attached hydrogens (tertiary/aromatic N) is 1. The number of hydrogen-bond donors (Lipinski definition) is 1. The highest BCUT2D eigenvalue weighted by Crippen LogP contribution is 2.30. The number of nitrogens with one attached hydrogen (secondary N) is 1. The van der Waals surface area contributed by atoms with Gasteiger partial charge in [0, 0.05) is 31.1 Å². The van der Waals surface area contributed by atoms with Crippen molar-refractivity contribution in [2.75, 3.05) is 13.1 Å². The van der Waals surface area contributed by atoms with Crippen LogP contribution in [0.2, 0.25) is 0 Å². The lowest BCUT2D eigenvalue weighted by Crippen LogP contribution is -2.61. The van der Waals surface area contributed by atoms with Gasteiger partial charge in [-0.1, -0.05) is 12.8 Å². The molecule has 84 valence electrons. The van der Waals surface area contributed by atoms with Crippen LogP contribution < -0.4 is 5.32 Å².